The number of amides is 1. The highest BCUT2D eigenvalue weighted by Crippen LogP contribution is 2.22. The lowest BCUT2D eigenvalue weighted by molar-refractivity contribution is -0.785. The summed E-state index contributed by atoms with van der Waals surface area (Å²) in [5.41, 5.74) is 3.18. The van der Waals surface area contributed by atoms with E-state index in [9.17, 15) is 4.79 Å². The van der Waals surface area contributed by atoms with Gasteiger partial charge in [-0.1, -0.05) is 13.0 Å². The maximum Gasteiger partial charge on any atom is 0.345 e. The molecule has 0 aliphatic heterocycles. The van der Waals surface area contributed by atoms with Crippen molar-refractivity contribution in [3.05, 3.63) is 29.3 Å². The quantitative estimate of drug-likeness (QED) is 0.748. The van der Waals surface area contributed by atoms with Crippen molar-refractivity contribution in [3.8, 4) is 0 Å². The van der Waals surface area contributed by atoms with Gasteiger partial charge < -0.3 is 4.90 Å². The molecule has 1 rings (SSSR count). The van der Waals surface area contributed by atoms with Crippen molar-refractivity contribution in [2.45, 2.75) is 13.3 Å². The number of quaternary nitrogens is 1. The molecule has 94 valence electrons. The van der Waals surface area contributed by atoms with Crippen molar-refractivity contribution in [2.24, 2.45) is 0 Å². The Balaban J connectivity index is 3.22. The number of hydrogen-bond acceptors (Lipinski definition) is 2. The molecule has 3 heteroatoms. The smallest absolute Gasteiger partial charge is 0.345 e. The summed E-state index contributed by atoms with van der Waals surface area (Å²) >= 11 is 0. The normalized spacial score (nSPS) is 11.4. The molecule has 1 amide bonds. The fourth-order valence-electron chi connectivity index (χ4n) is 1.80. The van der Waals surface area contributed by atoms with Gasteiger partial charge in [0.05, 0.1) is 26.7 Å². The Morgan fingerprint density at radius 1 is 1.24 bits per heavy atom. The number of nitrogens with zero attached hydrogens (tertiary/aromatic N) is 2. The zero-order valence-corrected chi connectivity index (χ0v) is 11.7. The van der Waals surface area contributed by atoms with Gasteiger partial charge in [0.25, 0.3) is 0 Å². The van der Waals surface area contributed by atoms with Crippen molar-refractivity contribution in [1.29, 1.82) is 0 Å². The second-order valence-electron chi connectivity index (χ2n) is 5.41. The lowest BCUT2D eigenvalue weighted by Gasteiger charge is -2.22. The first kappa shape index (κ1) is 13.7. The van der Waals surface area contributed by atoms with E-state index < -0.39 is 0 Å². The third kappa shape index (κ3) is 3.07. The molecule has 0 heterocycles. The highest BCUT2D eigenvalue weighted by Gasteiger charge is 2.23. The Kier molecular flexibility index (Phi) is 3.94. The van der Waals surface area contributed by atoms with Gasteiger partial charge >= 0.3 is 5.91 Å². The van der Waals surface area contributed by atoms with Gasteiger partial charge in [-0.3, -0.25) is 4.48 Å². The first-order valence-corrected chi connectivity index (χ1v) is 5.94. The molecule has 0 atom stereocenters. The molecule has 0 saturated carbocycles. The molecule has 0 aliphatic rings. The number of benzene rings is 1. The minimum atomic E-state index is 0.135. The third-order valence-corrected chi connectivity index (χ3v) is 2.80. The van der Waals surface area contributed by atoms with Crippen LogP contribution in [0, 0.1) is 0 Å². The van der Waals surface area contributed by atoms with Gasteiger partial charge in [0, 0.05) is 19.8 Å². The van der Waals surface area contributed by atoms with Crippen LogP contribution in [0.15, 0.2) is 18.2 Å². The second-order valence-corrected chi connectivity index (χ2v) is 5.41. The van der Waals surface area contributed by atoms with Crippen molar-refractivity contribution < 1.29 is 9.28 Å². The number of anilines is 1. The summed E-state index contributed by atoms with van der Waals surface area (Å²) in [6.45, 7) is 2.13. The van der Waals surface area contributed by atoms with E-state index in [1.54, 1.807) is 0 Å². The van der Waals surface area contributed by atoms with E-state index in [2.05, 4.69) is 17.9 Å². The van der Waals surface area contributed by atoms with Crippen molar-refractivity contribution in [3.63, 3.8) is 0 Å². The van der Waals surface area contributed by atoms with Crippen LogP contribution in [-0.2, 0) is 6.42 Å². The number of carbonyl (C=O) groups is 1. The van der Waals surface area contributed by atoms with Crippen LogP contribution in [0.3, 0.4) is 0 Å². The topological polar surface area (TPSA) is 20.3 Å². The zero-order chi connectivity index (χ0) is 13.2. The molecule has 3 nitrogen and oxygen atoms in total. The molecule has 1 aromatic carbocycles. The SMILES string of the molecule is CCc1ccc(C(=O)[N+](C)(C)C)cc1N(C)C. The average molecular weight is 235 g/mol. The van der Waals surface area contributed by atoms with Crippen LogP contribution in [-0.4, -0.2) is 45.6 Å². The number of carbonyl (C=O) groups excluding carboxylic acids is 1. The minimum absolute atomic E-state index is 0.135. The molecule has 0 radical (unpaired) electrons. The summed E-state index contributed by atoms with van der Waals surface area (Å²) in [6.07, 6.45) is 0.979. The Labute approximate surface area is 104 Å². The monoisotopic (exact) mass is 235 g/mol. The molecule has 0 spiro atoms. The molecule has 0 fully saturated rings. The van der Waals surface area contributed by atoms with E-state index >= 15 is 0 Å². The molecule has 0 unspecified atom stereocenters. The van der Waals surface area contributed by atoms with Gasteiger partial charge in [-0.05, 0) is 24.1 Å². The molecule has 0 saturated heterocycles. The molecule has 0 aliphatic carbocycles. The third-order valence-electron chi connectivity index (χ3n) is 2.80. The predicted octanol–water partition coefficient (Wildman–Crippen LogP) is 2.16. The minimum Gasteiger partial charge on any atom is -0.377 e. The van der Waals surface area contributed by atoms with Crippen LogP contribution in [0.1, 0.15) is 22.8 Å². The fourth-order valence-corrected chi connectivity index (χ4v) is 1.80. The van der Waals surface area contributed by atoms with Crippen LogP contribution in [0.4, 0.5) is 5.69 Å². The van der Waals surface area contributed by atoms with Crippen LogP contribution < -0.4 is 4.90 Å². The van der Waals surface area contributed by atoms with E-state index in [0.717, 1.165) is 17.7 Å². The highest BCUT2D eigenvalue weighted by molar-refractivity contribution is 5.90. The fraction of sp³-hybridized carbons (Fsp3) is 0.500. The molecule has 1 aromatic rings. The molecule has 17 heavy (non-hydrogen) atoms. The average Bonchev–Trinajstić information content (AvgIpc) is 2.25. The van der Waals surface area contributed by atoms with E-state index in [1.807, 2.05) is 47.4 Å². The summed E-state index contributed by atoms with van der Waals surface area (Å²) < 4.78 is 0.318. The largest absolute Gasteiger partial charge is 0.377 e. The Morgan fingerprint density at radius 3 is 2.24 bits per heavy atom. The summed E-state index contributed by atoms with van der Waals surface area (Å²) in [5, 5.41) is 0. The highest BCUT2D eigenvalue weighted by atomic mass is 16.2. The Morgan fingerprint density at radius 2 is 1.82 bits per heavy atom. The number of rotatable bonds is 3. The summed E-state index contributed by atoms with van der Waals surface area (Å²) in [6, 6.07) is 5.97. The van der Waals surface area contributed by atoms with Crippen molar-refractivity contribution in [1.82, 2.24) is 0 Å². The number of aryl methyl sites for hydroxylation is 1. The molecular weight excluding hydrogens is 212 g/mol. The van der Waals surface area contributed by atoms with Crippen LogP contribution in [0.5, 0.6) is 0 Å². The first-order valence-electron chi connectivity index (χ1n) is 5.94. The zero-order valence-electron chi connectivity index (χ0n) is 11.7. The maximum atomic E-state index is 12.2. The summed E-state index contributed by atoms with van der Waals surface area (Å²) in [4.78, 5) is 14.3. The molecule has 0 bridgehead atoms. The summed E-state index contributed by atoms with van der Waals surface area (Å²) in [5.74, 6) is 0.135. The second kappa shape index (κ2) is 4.88. The Bertz CT molecular complexity index is 417. The van der Waals surface area contributed by atoms with E-state index in [1.165, 1.54) is 5.56 Å². The predicted molar refractivity (Wildman–Crippen MR) is 72.5 cm³/mol. The molecule has 0 N–H and O–H groups in total. The first-order chi connectivity index (χ1) is 7.77. The lowest BCUT2D eigenvalue weighted by Crippen LogP contribution is -2.41. The van der Waals surface area contributed by atoms with Crippen molar-refractivity contribution >= 4 is 11.6 Å². The lowest BCUT2D eigenvalue weighted by atomic mass is 10.1. The number of hydrogen-bond donors (Lipinski definition) is 0. The van der Waals surface area contributed by atoms with Crippen LogP contribution in [0.2, 0.25) is 0 Å². The van der Waals surface area contributed by atoms with Gasteiger partial charge in [-0.25, -0.2) is 4.79 Å². The molecular formula is C14H23N2O+. The molecule has 0 aromatic heterocycles. The van der Waals surface area contributed by atoms with Gasteiger partial charge in [0.15, 0.2) is 0 Å². The van der Waals surface area contributed by atoms with Crippen molar-refractivity contribution in [2.75, 3.05) is 40.1 Å². The van der Waals surface area contributed by atoms with Gasteiger partial charge in [0.2, 0.25) is 0 Å². The van der Waals surface area contributed by atoms with Gasteiger partial charge in [-0.15, -0.1) is 0 Å². The van der Waals surface area contributed by atoms with Crippen LogP contribution >= 0.6 is 0 Å². The van der Waals surface area contributed by atoms with Crippen LogP contribution in [0.25, 0.3) is 0 Å². The Hall–Kier alpha value is -1.35. The standard InChI is InChI=1S/C14H23N2O/c1-7-11-8-9-12(10-13(11)15(2)3)14(17)16(4,5)6/h8-10H,7H2,1-6H3/q+1. The van der Waals surface area contributed by atoms with E-state index in [0.29, 0.717) is 4.48 Å². The maximum absolute atomic E-state index is 12.2. The summed E-state index contributed by atoms with van der Waals surface area (Å²) in [7, 11) is 9.70. The van der Waals surface area contributed by atoms with Gasteiger partial charge in [0.1, 0.15) is 0 Å². The van der Waals surface area contributed by atoms with E-state index in [4.69, 9.17) is 0 Å². The van der Waals surface area contributed by atoms with Gasteiger partial charge in [-0.2, -0.15) is 0 Å². The van der Waals surface area contributed by atoms with E-state index in [-0.39, 0.29) is 5.91 Å².